The largest absolute Gasteiger partial charge is 0.431 e. The van der Waals surface area contributed by atoms with Gasteiger partial charge >= 0.3 is 8.53 Å². The lowest BCUT2D eigenvalue weighted by Crippen LogP contribution is -2.21. The summed E-state index contributed by atoms with van der Waals surface area (Å²) in [7, 11) is -1.42. The van der Waals surface area contributed by atoms with E-state index in [4.69, 9.17) is 9.05 Å². The Morgan fingerprint density at radius 2 is 1.63 bits per heavy atom. The first-order valence-corrected chi connectivity index (χ1v) is 7.01. The van der Waals surface area contributed by atoms with Crippen LogP contribution < -0.4 is 9.19 Å². The van der Waals surface area contributed by atoms with E-state index in [2.05, 4.69) is 0 Å². The summed E-state index contributed by atoms with van der Waals surface area (Å²) in [5.41, 5.74) is 0.798. The molecule has 2 aromatic rings. The van der Waals surface area contributed by atoms with Crippen molar-refractivity contribution in [3.8, 4) is 5.75 Å². The highest BCUT2D eigenvalue weighted by molar-refractivity contribution is 7.51. The van der Waals surface area contributed by atoms with Crippen molar-refractivity contribution in [2.75, 3.05) is 11.3 Å². The number of carbonyl (C=O) groups is 1. The second kappa shape index (κ2) is 5.39. The number of para-hydroxylation sites is 2. The molecule has 2 aromatic carbocycles. The third-order valence-corrected chi connectivity index (χ3v) is 4.12. The third-order valence-electron chi connectivity index (χ3n) is 2.63. The molecule has 1 heterocycles. The topological polar surface area (TPSA) is 38.8 Å². The first-order valence-electron chi connectivity index (χ1n) is 5.88. The summed E-state index contributed by atoms with van der Waals surface area (Å²) >= 11 is 0. The second-order valence-corrected chi connectivity index (χ2v) is 5.27. The van der Waals surface area contributed by atoms with E-state index in [1.165, 1.54) is 0 Å². The van der Waals surface area contributed by atoms with Gasteiger partial charge < -0.3 is 4.52 Å². The number of benzene rings is 2. The Morgan fingerprint density at radius 1 is 1.00 bits per heavy atom. The van der Waals surface area contributed by atoms with Gasteiger partial charge in [-0.3, -0.25) is 9.32 Å². The van der Waals surface area contributed by atoms with Crippen LogP contribution in [0.3, 0.4) is 0 Å². The molecule has 0 N–H and O–H groups in total. The zero-order valence-electron chi connectivity index (χ0n) is 10.1. The van der Waals surface area contributed by atoms with Gasteiger partial charge in [-0.15, -0.1) is 0 Å². The lowest BCUT2D eigenvalue weighted by atomic mass is 10.3. The van der Waals surface area contributed by atoms with E-state index in [0.717, 1.165) is 5.69 Å². The summed E-state index contributed by atoms with van der Waals surface area (Å²) in [5.74, 6) is 0.623. The van der Waals surface area contributed by atoms with E-state index in [0.29, 0.717) is 5.75 Å². The molecule has 1 fully saturated rings. The van der Waals surface area contributed by atoms with E-state index in [9.17, 15) is 4.79 Å². The first-order chi connectivity index (χ1) is 9.34. The number of rotatable bonds is 3. The number of hydrogen-bond acceptors (Lipinski definition) is 3. The highest BCUT2D eigenvalue weighted by atomic mass is 31.2. The predicted molar refractivity (Wildman–Crippen MR) is 73.9 cm³/mol. The van der Waals surface area contributed by atoms with Crippen LogP contribution in [0.5, 0.6) is 5.75 Å². The van der Waals surface area contributed by atoms with Gasteiger partial charge in [0, 0.05) is 0 Å². The fraction of sp³-hybridized carbons (Fsp3) is 0.0714. The van der Waals surface area contributed by atoms with Gasteiger partial charge in [0.2, 0.25) is 0 Å². The molecule has 1 aliphatic rings. The first kappa shape index (κ1) is 12.2. The Morgan fingerprint density at radius 3 is 2.32 bits per heavy atom. The van der Waals surface area contributed by atoms with Gasteiger partial charge in [-0.2, -0.15) is 0 Å². The van der Waals surface area contributed by atoms with Crippen molar-refractivity contribution in [2.45, 2.75) is 0 Å². The molecule has 1 saturated heterocycles. The van der Waals surface area contributed by atoms with Crippen LogP contribution in [0.1, 0.15) is 0 Å². The normalized spacial score (nSPS) is 18.6. The van der Waals surface area contributed by atoms with Gasteiger partial charge in [0.15, 0.2) is 0 Å². The number of amides is 1. The summed E-state index contributed by atoms with van der Waals surface area (Å²) in [5, 5.41) is 0. The molecule has 5 heteroatoms. The Balaban J connectivity index is 1.83. The summed E-state index contributed by atoms with van der Waals surface area (Å²) < 4.78 is 12.8. The zero-order chi connectivity index (χ0) is 13.1. The van der Waals surface area contributed by atoms with Crippen LogP contribution in [0.25, 0.3) is 0 Å². The van der Waals surface area contributed by atoms with Crippen LogP contribution >= 0.6 is 8.53 Å². The molecular formula is C14H12NO3P. The number of nitrogens with zero attached hydrogens (tertiary/aromatic N) is 1. The van der Waals surface area contributed by atoms with Crippen LogP contribution in [0, 0.1) is 0 Å². The minimum Gasteiger partial charge on any atom is -0.431 e. The quantitative estimate of drug-likeness (QED) is 0.805. The lowest BCUT2D eigenvalue weighted by molar-refractivity contribution is -0.117. The Hall–Kier alpha value is -1.90. The Kier molecular flexibility index (Phi) is 3.45. The summed E-state index contributed by atoms with van der Waals surface area (Å²) in [4.78, 5) is 11.9. The molecule has 19 heavy (non-hydrogen) atoms. The fourth-order valence-corrected chi connectivity index (χ4v) is 3.10. The molecule has 3 rings (SSSR count). The molecule has 1 atom stereocenters. The molecule has 1 amide bonds. The molecule has 4 nitrogen and oxygen atoms in total. The van der Waals surface area contributed by atoms with Crippen molar-refractivity contribution in [3.05, 3.63) is 60.7 Å². The van der Waals surface area contributed by atoms with E-state index in [1.807, 2.05) is 60.7 Å². The van der Waals surface area contributed by atoms with Gasteiger partial charge in [-0.1, -0.05) is 36.4 Å². The predicted octanol–water partition coefficient (Wildman–Crippen LogP) is 3.36. The van der Waals surface area contributed by atoms with Crippen LogP contribution in [0.4, 0.5) is 5.69 Å². The van der Waals surface area contributed by atoms with Crippen LogP contribution in [-0.2, 0) is 9.32 Å². The van der Waals surface area contributed by atoms with Crippen molar-refractivity contribution in [3.63, 3.8) is 0 Å². The number of carbonyl (C=O) groups excluding carboxylic acids is 1. The summed E-state index contributed by atoms with van der Waals surface area (Å²) in [6.45, 7) is 0.0629. The molecule has 0 bridgehead atoms. The highest BCUT2D eigenvalue weighted by Crippen LogP contribution is 2.49. The molecular weight excluding hydrogens is 261 g/mol. The van der Waals surface area contributed by atoms with Crippen molar-refractivity contribution in [1.29, 1.82) is 0 Å². The van der Waals surface area contributed by atoms with Crippen LogP contribution in [0.2, 0.25) is 0 Å². The Bertz CT molecular complexity index is 561. The fourth-order valence-electron chi connectivity index (χ4n) is 1.77. The van der Waals surface area contributed by atoms with Gasteiger partial charge in [0.1, 0.15) is 12.4 Å². The van der Waals surface area contributed by atoms with Crippen LogP contribution in [-0.4, -0.2) is 12.5 Å². The van der Waals surface area contributed by atoms with E-state index >= 15 is 0 Å². The average Bonchev–Trinajstić information content (AvgIpc) is 2.82. The third kappa shape index (κ3) is 2.60. The SMILES string of the molecule is O=C1COP(Oc2ccccc2)N1c1ccccc1. The number of anilines is 1. The zero-order valence-corrected chi connectivity index (χ0v) is 11.0. The molecule has 1 aliphatic heterocycles. The average molecular weight is 273 g/mol. The van der Waals surface area contributed by atoms with Gasteiger partial charge in [0.25, 0.3) is 5.91 Å². The van der Waals surface area contributed by atoms with Gasteiger partial charge in [0.05, 0.1) is 5.69 Å². The molecule has 0 saturated carbocycles. The summed E-state index contributed by atoms with van der Waals surface area (Å²) in [6.07, 6.45) is 0. The monoisotopic (exact) mass is 273 g/mol. The molecule has 0 aliphatic carbocycles. The van der Waals surface area contributed by atoms with Crippen molar-refractivity contribution >= 4 is 20.1 Å². The molecule has 0 radical (unpaired) electrons. The smallest absolute Gasteiger partial charge is 0.360 e. The minimum atomic E-state index is -1.42. The van der Waals surface area contributed by atoms with Crippen LogP contribution in [0.15, 0.2) is 60.7 Å². The van der Waals surface area contributed by atoms with E-state index in [1.54, 1.807) is 4.67 Å². The van der Waals surface area contributed by atoms with Crippen molar-refractivity contribution < 1.29 is 13.8 Å². The maximum absolute atomic E-state index is 11.9. The standard InChI is InChI=1S/C14H12NO3P/c16-14-11-17-19(18-13-9-5-2-6-10-13)15(14)12-7-3-1-4-8-12/h1-10H,11H2. The van der Waals surface area contributed by atoms with Crippen molar-refractivity contribution in [2.24, 2.45) is 0 Å². The maximum atomic E-state index is 11.9. The molecule has 96 valence electrons. The van der Waals surface area contributed by atoms with E-state index < -0.39 is 8.53 Å². The summed E-state index contributed by atoms with van der Waals surface area (Å²) in [6, 6.07) is 18.8. The molecule has 0 spiro atoms. The molecule has 0 aromatic heterocycles. The van der Waals surface area contributed by atoms with Gasteiger partial charge in [-0.25, -0.2) is 4.67 Å². The van der Waals surface area contributed by atoms with Crippen molar-refractivity contribution in [1.82, 2.24) is 0 Å². The van der Waals surface area contributed by atoms with E-state index in [-0.39, 0.29) is 12.5 Å². The minimum absolute atomic E-state index is 0.0629. The molecule has 1 unspecified atom stereocenters. The second-order valence-electron chi connectivity index (χ2n) is 3.96. The Labute approximate surface area is 112 Å². The lowest BCUT2D eigenvalue weighted by Gasteiger charge is -2.21. The van der Waals surface area contributed by atoms with Gasteiger partial charge in [-0.05, 0) is 24.3 Å². The highest BCUT2D eigenvalue weighted by Gasteiger charge is 2.37. The maximum Gasteiger partial charge on any atom is 0.360 e. The number of hydrogen-bond donors (Lipinski definition) is 0.